The first-order valence-corrected chi connectivity index (χ1v) is 5.74. The third kappa shape index (κ3) is 1.95. The van der Waals surface area contributed by atoms with Crippen molar-refractivity contribution in [3.8, 4) is 0 Å². The van der Waals surface area contributed by atoms with Crippen LogP contribution in [0.3, 0.4) is 0 Å². The highest BCUT2D eigenvalue weighted by Gasteiger charge is 2.25. The zero-order valence-corrected chi connectivity index (χ0v) is 10.2. The van der Waals surface area contributed by atoms with Gasteiger partial charge in [0, 0.05) is 31.7 Å². The number of piperazine rings is 1. The van der Waals surface area contributed by atoms with Crippen LogP contribution in [0, 0.1) is 13.8 Å². The molecule has 4 nitrogen and oxygen atoms in total. The van der Waals surface area contributed by atoms with Crippen molar-refractivity contribution in [3.63, 3.8) is 0 Å². The Balaban J connectivity index is 2.25. The van der Waals surface area contributed by atoms with Crippen molar-refractivity contribution < 1.29 is 9.21 Å². The van der Waals surface area contributed by atoms with E-state index in [1.54, 1.807) is 6.92 Å². The Morgan fingerprint density at radius 1 is 1.38 bits per heavy atom. The molecule has 1 amide bonds. The molecule has 5 heteroatoms. The van der Waals surface area contributed by atoms with Gasteiger partial charge >= 0.3 is 0 Å². The smallest absolute Gasteiger partial charge is 0.257 e. The van der Waals surface area contributed by atoms with Gasteiger partial charge < -0.3 is 14.6 Å². The van der Waals surface area contributed by atoms with Crippen LogP contribution < -0.4 is 5.32 Å². The second-order valence-electron chi connectivity index (χ2n) is 3.97. The Morgan fingerprint density at radius 2 is 2.00 bits per heavy atom. The number of amides is 1. The molecule has 1 aromatic heterocycles. The van der Waals surface area contributed by atoms with Gasteiger partial charge in [0.15, 0.2) is 5.22 Å². The fourth-order valence-corrected chi connectivity index (χ4v) is 2.17. The van der Waals surface area contributed by atoms with Crippen molar-refractivity contribution in [2.45, 2.75) is 13.8 Å². The summed E-state index contributed by atoms with van der Waals surface area (Å²) in [6.07, 6.45) is 0. The summed E-state index contributed by atoms with van der Waals surface area (Å²) >= 11 is 5.87. The van der Waals surface area contributed by atoms with Crippen LogP contribution in [-0.2, 0) is 0 Å². The molecule has 0 unspecified atom stereocenters. The van der Waals surface area contributed by atoms with Gasteiger partial charge in [-0.25, -0.2) is 0 Å². The van der Waals surface area contributed by atoms with Gasteiger partial charge in [-0.15, -0.1) is 0 Å². The molecule has 88 valence electrons. The molecule has 1 aliphatic rings. The zero-order valence-electron chi connectivity index (χ0n) is 9.47. The number of hydrogen-bond acceptors (Lipinski definition) is 3. The first kappa shape index (κ1) is 11.5. The number of nitrogens with one attached hydrogen (secondary N) is 1. The van der Waals surface area contributed by atoms with Gasteiger partial charge in [-0.2, -0.15) is 0 Å². The molecule has 2 heterocycles. The molecule has 0 spiro atoms. The van der Waals surface area contributed by atoms with E-state index < -0.39 is 0 Å². The summed E-state index contributed by atoms with van der Waals surface area (Å²) in [7, 11) is 0. The van der Waals surface area contributed by atoms with Crippen molar-refractivity contribution in [1.82, 2.24) is 10.2 Å². The molecule has 0 saturated carbocycles. The van der Waals surface area contributed by atoms with Gasteiger partial charge in [-0.1, -0.05) is 0 Å². The van der Waals surface area contributed by atoms with Gasteiger partial charge in [-0.05, 0) is 25.4 Å². The van der Waals surface area contributed by atoms with Gasteiger partial charge in [0.25, 0.3) is 5.91 Å². The van der Waals surface area contributed by atoms with E-state index in [-0.39, 0.29) is 5.91 Å². The van der Waals surface area contributed by atoms with E-state index in [0.717, 1.165) is 31.7 Å². The number of carbonyl (C=O) groups is 1. The average molecular weight is 243 g/mol. The normalized spacial score (nSPS) is 16.6. The molecule has 1 fully saturated rings. The number of aryl methyl sites for hydroxylation is 1. The van der Waals surface area contributed by atoms with Crippen LogP contribution >= 0.6 is 11.6 Å². The van der Waals surface area contributed by atoms with Crippen LogP contribution in [0.4, 0.5) is 0 Å². The maximum absolute atomic E-state index is 12.2. The summed E-state index contributed by atoms with van der Waals surface area (Å²) in [6.45, 7) is 6.74. The van der Waals surface area contributed by atoms with Crippen LogP contribution in [0.25, 0.3) is 0 Å². The largest absolute Gasteiger partial charge is 0.449 e. The summed E-state index contributed by atoms with van der Waals surface area (Å²) < 4.78 is 5.26. The summed E-state index contributed by atoms with van der Waals surface area (Å²) in [4.78, 5) is 14.1. The average Bonchev–Trinajstić information content (AvgIpc) is 2.54. The first-order valence-electron chi connectivity index (χ1n) is 5.36. The predicted octanol–water partition coefficient (Wildman–Crippen LogP) is 1.60. The van der Waals surface area contributed by atoms with Crippen LogP contribution in [0.2, 0.25) is 5.22 Å². The number of furan rings is 1. The molecule has 16 heavy (non-hydrogen) atoms. The SMILES string of the molecule is Cc1oc(Cl)c(C)c1C(=O)N1CCNCC1. The lowest BCUT2D eigenvalue weighted by atomic mass is 10.1. The van der Waals surface area contributed by atoms with Crippen molar-refractivity contribution in [2.75, 3.05) is 26.2 Å². The van der Waals surface area contributed by atoms with Crippen LogP contribution in [0.15, 0.2) is 4.42 Å². The number of rotatable bonds is 1. The Hall–Kier alpha value is -1.00. The highest BCUT2D eigenvalue weighted by molar-refractivity contribution is 6.30. The summed E-state index contributed by atoms with van der Waals surface area (Å²) in [6, 6.07) is 0. The molecular formula is C11H15ClN2O2. The maximum atomic E-state index is 12.2. The highest BCUT2D eigenvalue weighted by atomic mass is 35.5. The van der Waals surface area contributed by atoms with E-state index in [1.807, 2.05) is 11.8 Å². The summed E-state index contributed by atoms with van der Waals surface area (Å²) in [5, 5.41) is 3.53. The Bertz CT molecular complexity index is 408. The van der Waals surface area contributed by atoms with E-state index in [0.29, 0.717) is 16.5 Å². The Kier molecular flexibility index (Phi) is 3.21. The quantitative estimate of drug-likeness (QED) is 0.814. The van der Waals surface area contributed by atoms with Crippen molar-refractivity contribution >= 4 is 17.5 Å². The molecule has 1 N–H and O–H groups in total. The van der Waals surface area contributed by atoms with Crippen LogP contribution in [-0.4, -0.2) is 37.0 Å². The van der Waals surface area contributed by atoms with Gasteiger partial charge in [0.2, 0.25) is 0 Å². The molecular weight excluding hydrogens is 228 g/mol. The number of carbonyl (C=O) groups excluding carboxylic acids is 1. The minimum atomic E-state index is 0.0205. The van der Waals surface area contributed by atoms with Gasteiger partial charge in [0.05, 0.1) is 5.56 Å². The third-order valence-corrected chi connectivity index (χ3v) is 3.24. The monoisotopic (exact) mass is 242 g/mol. The highest BCUT2D eigenvalue weighted by Crippen LogP contribution is 2.26. The second kappa shape index (κ2) is 4.47. The lowest BCUT2D eigenvalue weighted by molar-refractivity contribution is 0.0733. The minimum absolute atomic E-state index is 0.0205. The minimum Gasteiger partial charge on any atom is -0.449 e. The van der Waals surface area contributed by atoms with Crippen molar-refractivity contribution in [3.05, 3.63) is 22.1 Å². The first-order chi connectivity index (χ1) is 7.61. The van der Waals surface area contributed by atoms with E-state index in [9.17, 15) is 4.79 Å². The van der Waals surface area contributed by atoms with Crippen LogP contribution in [0.5, 0.6) is 0 Å². The molecule has 1 saturated heterocycles. The van der Waals surface area contributed by atoms with Gasteiger partial charge in [-0.3, -0.25) is 4.79 Å². The van der Waals surface area contributed by atoms with Crippen LogP contribution in [0.1, 0.15) is 21.7 Å². The third-order valence-electron chi connectivity index (χ3n) is 2.88. The van der Waals surface area contributed by atoms with Crippen molar-refractivity contribution in [2.24, 2.45) is 0 Å². The summed E-state index contributed by atoms with van der Waals surface area (Å²) in [5.41, 5.74) is 1.36. The molecule has 0 atom stereocenters. The molecule has 1 aromatic rings. The second-order valence-corrected chi connectivity index (χ2v) is 4.32. The van der Waals surface area contributed by atoms with E-state index in [2.05, 4.69) is 5.32 Å². The Labute approximate surface area is 99.5 Å². The fraction of sp³-hybridized carbons (Fsp3) is 0.545. The van der Waals surface area contributed by atoms with E-state index in [1.165, 1.54) is 0 Å². The molecule has 1 aliphatic heterocycles. The molecule has 0 aliphatic carbocycles. The fourth-order valence-electron chi connectivity index (χ4n) is 1.96. The standard InChI is InChI=1S/C11H15ClN2O2/c1-7-9(8(2)16-10(7)12)11(15)14-5-3-13-4-6-14/h13H,3-6H2,1-2H3. The Morgan fingerprint density at radius 3 is 2.50 bits per heavy atom. The number of halogens is 1. The lowest BCUT2D eigenvalue weighted by Gasteiger charge is -2.27. The molecule has 0 radical (unpaired) electrons. The molecule has 2 rings (SSSR count). The maximum Gasteiger partial charge on any atom is 0.257 e. The van der Waals surface area contributed by atoms with Crippen molar-refractivity contribution in [1.29, 1.82) is 0 Å². The van der Waals surface area contributed by atoms with E-state index >= 15 is 0 Å². The van der Waals surface area contributed by atoms with Gasteiger partial charge in [0.1, 0.15) is 5.76 Å². The number of hydrogen-bond donors (Lipinski definition) is 1. The molecule has 0 aromatic carbocycles. The topological polar surface area (TPSA) is 45.5 Å². The molecule has 0 bridgehead atoms. The number of nitrogens with zero attached hydrogens (tertiary/aromatic N) is 1. The predicted molar refractivity (Wildman–Crippen MR) is 62.0 cm³/mol. The zero-order chi connectivity index (χ0) is 11.7. The summed E-state index contributed by atoms with van der Waals surface area (Å²) in [5.74, 6) is 0.623. The lowest BCUT2D eigenvalue weighted by Crippen LogP contribution is -2.46. The van der Waals surface area contributed by atoms with E-state index in [4.69, 9.17) is 16.0 Å².